The number of nitrogens with zero attached hydrogens (tertiary/aromatic N) is 1. The van der Waals surface area contributed by atoms with Crippen molar-refractivity contribution in [2.45, 2.75) is 13.1 Å². The average Bonchev–Trinajstić information content (AvgIpc) is 3.02. The first-order valence-electron chi connectivity index (χ1n) is 8.01. The zero-order chi connectivity index (χ0) is 16.8. The lowest BCUT2D eigenvalue weighted by molar-refractivity contribution is 0.234. The van der Waals surface area contributed by atoms with Gasteiger partial charge in [0.15, 0.2) is 0 Å². The van der Waals surface area contributed by atoms with Crippen LogP contribution in [-0.4, -0.2) is 28.9 Å². The molecule has 0 aliphatic rings. The lowest BCUT2D eigenvalue weighted by atomic mass is 10.1. The molecule has 0 unspecified atom stereocenters. The third-order valence-electron chi connectivity index (χ3n) is 3.94. The monoisotopic (exact) mass is 323 g/mol. The van der Waals surface area contributed by atoms with Gasteiger partial charge in [-0.05, 0) is 23.3 Å². The molecule has 0 spiro atoms. The van der Waals surface area contributed by atoms with E-state index in [4.69, 9.17) is 5.11 Å². The van der Waals surface area contributed by atoms with Crippen molar-refractivity contribution in [1.29, 1.82) is 0 Å². The summed E-state index contributed by atoms with van der Waals surface area (Å²) in [6.07, 6.45) is 2.08. The number of amides is 2. The fraction of sp³-hybridized carbons (Fsp3) is 0.211. The van der Waals surface area contributed by atoms with Gasteiger partial charge in [0.25, 0.3) is 0 Å². The largest absolute Gasteiger partial charge is 0.395 e. The first-order chi connectivity index (χ1) is 11.8. The second kappa shape index (κ2) is 7.66. The molecule has 2 aromatic carbocycles. The van der Waals surface area contributed by atoms with Crippen LogP contribution in [0.2, 0.25) is 0 Å². The normalized spacial score (nSPS) is 10.7. The van der Waals surface area contributed by atoms with Gasteiger partial charge in [0.05, 0.1) is 6.61 Å². The fourth-order valence-corrected chi connectivity index (χ4v) is 2.77. The lowest BCUT2D eigenvalue weighted by Crippen LogP contribution is -2.36. The molecule has 0 atom stereocenters. The highest BCUT2D eigenvalue weighted by Crippen LogP contribution is 2.21. The van der Waals surface area contributed by atoms with E-state index < -0.39 is 0 Å². The van der Waals surface area contributed by atoms with Crippen LogP contribution in [0.1, 0.15) is 11.1 Å². The van der Waals surface area contributed by atoms with E-state index in [1.54, 1.807) is 0 Å². The summed E-state index contributed by atoms with van der Waals surface area (Å²) >= 11 is 0. The van der Waals surface area contributed by atoms with Crippen molar-refractivity contribution in [3.05, 3.63) is 71.9 Å². The zero-order valence-corrected chi connectivity index (χ0v) is 13.4. The van der Waals surface area contributed by atoms with Gasteiger partial charge in [-0.15, -0.1) is 0 Å². The van der Waals surface area contributed by atoms with Crippen molar-refractivity contribution in [2.24, 2.45) is 0 Å². The van der Waals surface area contributed by atoms with Gasteiger partial charge in [-0.25, -0.2) is 4.79 Å². The van der Waals surface area contributed by atoms with Crippen LogP contribution in [-0.2, 0) is 13.1 Å². The minimum Gasteiger partial charge on any atom is -0.395 e. The lowest BCUT2D eigenvalue weighted by Gasteiger charge is -2.09. The van der Waals surface area contributed by atoms with Gasteiger partial charge in [-0.2, -0.15) is 0 Å². The van der Waals surface area contributed by atoms with Crippen LogP contribution < -0.4 is 10.6 Å². The summed E-state index contributed by atoms with van der Waals surface area (Å²) in [5, 5.41) is 15.3. The highest BCUT2D eigenvalue weighted by Gasteiger charge is 2.07. The van der Waals surface area contributed by atoms with Crippen LogP contribution in [0.25, 0.3) is 10.9 Å². The minimum atomic E-state index is -0.273. The molecule has 5 nitrogen and oxygen atoms in total. The minimum absolute atomic E-state index is 0.0641. The maximum Gasteiger partial charge on any atom is 0.315 e. The van der Waals surface area contributed by atoms with Crippen molar-refractivity contribution >= 4 is 16.9 Å². The average molecular weight is 323 g/mol. The van der Waals surface area contributed by atoms with E-state index >= 15 is 0 Å². The summed E-state index contributed by atoms with van der Waals surface area (Å²) in [5.41, 5.74) is 3.47. The Morgan fingerprint density at radius 2 is 1.83 bits per heavy atom. The number of carbonyl (C=O) groups is 1. The van der Waals surface area contributed by atoms with Crippen LogP contribution in [0.15, 0.2) is 60.8 Å². The molecule has 2 amide bonds. The van der Waals surface area contributed by atoms with Crippen molar-refractivity contribution < 1.29 is 9.90 Å². The van der Waals surface area contributed by atoms with E-state index in [2.05, 4.69) is 45.7 Å². The molecule has 3 N–H and O–H groups in total. The Labute approximate surface area is 140 Å². The van der Waals surface area contributed by atoms with Crippen LogP contribution in [0, 0.1) is 0 Å². The second-order valence-corrected chi connectivity index (χ2v) is 5.61. The van der Waals surface area contributed by atoms with Gasteiger partial charge in [0.2, 0.25) is 0 Å². The number of hydrogen-bond donors (Lipinski definition) is 3. The first kappa shape index (κ1) is 16.1. The molecule has 3 rings (SSSR count). The van der Waals surface area contributed by atoms with E-state index in [1.165, 1.54) is 5.56 Å². The number of aliphatic hydroxyl groups excluding tert-OH is 1. The molecule has 0 radical (unpaired) electrons. The number of hydrogen-bond acceptors (Lipinski definition) is 2. The molecule has 0 fully saturated rings. The molecule has 1 heterocycles. The van der Waals surface area contributed by atoms with Crippen molar-refractivity contribution in [3.8, 4) is 0 Å². The quantitative estimate of drug-likeness (QED) is 0.652. The Morgan fingerprint density at radius 3 is 2.62 bits per heavy atom. The van der Waals surface area contributed by atoms with Gasteiger partial charge < -0.3 is 20.3 Å². The highest BCUT2D eigenvalue weighted by molar-refractivity contribution is 5.84. The maximum absolute atomic E-state index is 11.6. The Morgan fingerprint density at radius 1 is 1.00 bits per heavy atom. The number of urea groups is 1. The Balaban J connectivity index is 1.75. The molecule has 0 aliphatic carbocycles. The predicted molar refractivity (Wildman–Crippen MR) is 94.8 cm³/mol. The Hall–Kier alpha value is -2.79. The molecule has 0 saturated carbocycles. The molecule has 1 aromatic heterocycles. The van der Waals surface area contributed by atoms with E-state index in [0.717, 1.165) is 23.0 Å². The van der Waals surface area contributed by atoms with Crippen molar-refractivity contribution in [1.82, 2.24) is 15.2 Å². The first-order valence-corrected chi connectivity index (χ1v) is 8.01. The van der Waals surface area contributed by atoms with Crippen LogP contribution in [0.4, 0.5) is 4.79 Å². The molecule has 3 aromatic rings. The molecule has 5 heteroatoms. The summed E-state index contributed by atoms with van der Waals surface area (Å²) in [6, 6.07) is 18.3. The maximum atomic E-state index is 11.6. The number of aromatic nitrogens is 1. The smallest absolute Gasteiger partial charge is 0.315 e. The van der Waals surface area contributed by atoms with Gasteiger partial charge in [-0.1, -0.05) is 42.5 Å². The predicted octanol–water partition coefficient (Wildman–Crippen LogP) is 2.48. The van der Waals surface area contributed by atoms with Gasteiger partial charge in [-0.3, -0.25) is 0 Å². The Kier molecular flexibility index (Phi) is 5.13. The molecule has 124 valence electrons. The third kappa shape index (κ3) is 3.75. The van der Waals surface area contributed by atoms with Crippen molar-refractivity contribution in [3.63, 3.8) is 0 Å². The summed E-state index contributed by atoms with van der Waals surface area (Å²) in [6.45, 7) is 1.46. The molecular formula is C19H21N3O2. The fourth-order valence-electron chi connectivity index (χ4n) is 2.77. The van der Waals surface area contributed by atoms with E-state index in [1.807, 2.05) is 30.3 Å². The van der Waals surface area contributed by atoms with Crippen molar-refractivity contribution in [2.75, 3.05) is 13.2 Å². The summed E-state index contributed by atoms with van der Waals surface area (Å²) in [5.74, 6) is 0. The second-order valence-electron chi connectivity index (χ2n) is 5.61. The summed E-state index contributed by atoms with van der Waals surface area (Å²) in [7, 11) is 0. The van der Waals surface area contributed by atoms with Gasteiger partial charge in [0, 0.05) is 36.7 Å². The van der Waals surface area contributed by atoms with Gasteiger partial charge >= 0.3 is 6.03 Å². The SMILES string of the molecule is O=C(NCCO)NCc1cccc2c1ccn2Cc1ccccc1. The van der Waals surface area contributed by atoms with E-state index in [-0.39, 0.29) is 19.2 Å². The van der Waals surface area contributed by atoms with Gasteiger partial charge in [0.1, 0.15) is 0 Å². The van der Waals surface area contributed by atoms with Crippen LogP contribution in [0.3, 0.4) is 0 Å². The van der Waals surface area contributed by atoms with E-state index in [9.17, 15) is 4.79 Å². The number of rotatable bonds is 6. The standard InChI is InChI=1S/C19H21N3O2/c23-12-10-20-19(24)21-13-16-7-4-8-18-17(16)9-11-22(18)14-15-5-2-1-3-6-15/h1-9,11,23H,10,12-14H2,(H2,20,21,24). The number of aliphatic hydroxyl groups is 1. The number of nitrogens with one attached hydrogen (secondary N) is 2. The molecule has 0 bridgehead atoms. The molecule has 24 heavy (non-hydrogen) atoms. The highest BCUT2D eigenvalue weighted by atomic mass is 16.3. The summed E-state index contributed by atoms with van der Waals surface area (Å²) < 4.78 is 2.21. The zero-order valence-electron chi connectivity index (χ0n) is 13.4. The number of fused-ring (bicyclic) bond motifs is 1. The Bertz CT molecular complexity index is 812. The topological polar surface area (TPSA) is 66.3 Å². The third-order valence-corrected chi connectivity index (χ3v) is 3.94. The molecule has 0 saturated heterocycles. The summed E-state index contributed by atoms with van der Waals surface area (Å²) in [4.78, 5) is 11.6. The van der Waals surface area contributed by atoms with E-state index in [0.29, 0.717) is 6.54 Å². The number of carbonyl (C=O) groups excluding carboxylic acids is 1. The van der Waals surface area contributed by atoms with Crippen LogP contribution in [0.5, 0.6) is 0 Å². The molecular weight excluding hydrogens is 302 g/mol. The molecule has 0 aliphatic heterocycles. The number of benzene rings is 2. The van der Waals surface area contributed by atoms with Crippen LogP contribution >= 0.6 is 0 Å².